The van der Waals surface area contributed by atoms with E-state index in [0.717, 1.165) is 6.07 Å². The summed E-state index contributed by atoms with van der Waals surface area (Å²) in [4.78, 5) is 0. The second-order valence-corrected chi connectivity index (χ2v) is 3.38. The Morgan fingerprint density at radius 1 is 1.38 bits per heavy atom. The number of benzene rings is 1. The van der Waals surface area contributed by atoms with Gasteiger partial charge in [-0.3, -0.25) is 0 Å². The number of aliphatic hydroxyl groups excluding tert-OH is 3. The minimum atomic E-state index is -1.35. The third kappa shape index (κ3) is 2.76. The molecular formula is C11H12FNO3. The molecule has 0 amide bonds. The molecule has 5 heteroatoms. The third-order valence-corrected chi connectivity index (χ3v) is 2.24. The van der Waals surface area contributed by atoms with Crippen LogP contribution in [0.25, 0.3) is 0 Å². The summed E-state index contributed by atoms with van der Waals surface area (Å²) >= 11 is 0. The van der Waals surface area contributed by atoms with Gasteiger partial charge in [-0.15, -0.1) is 0 Å². The second kappa shape index (κ2) is 5.56. The predicted octanol–water partition coefficient (Wildman–Crippen LogP) is 0.278. The molecule has 0 saturated heterocycles. The van der Waals surface area contributed by atoms with Gasteiger partial charge in [0.1, 0.15) is 18.0 Å². The van der Waals surface area contributed by atoms with Gasteiger partial charge in [-0.05, 0) is 11.6 Å². The van der Waals surface area contributed by atoms with E-state index in [1.165, 1.54) is 12.1 Å². The minimum Gasteiger partial charge on any atom is -0.394 e. The highest BCUT2D eigenvalue weighted by Crippen LogP contribution is 2.20. The van der Waals surface area contributed by atoms with Crippen LogP contribution in [-0.2, 0) is 6.42 Å². The number of aliphatic hydroxyl groups is 3. The zero-order valence-corrected chi connectivity index (χ0v) is 8.47. The molecule has 0 heterocycles. The molecule has 86 valence electrons. The van der Waals surface area contributed by atoms with Gasteiger partial charge in [0, 0.05) is 5.56 Å². The van der Waals surface area contributed by atoms with E-state index in [-0.39, 0.29) is 17.5 Å². The molecule has 1 aromatic rings. The first-order chi connectivity index (χ1) is 7.60. The molecule has 2 atom stereocenters. The van der Waals surface area contributed by atoms with E-state index in [0.29, 0.717) is 0 Å². The fraction of sp³-hybridized carbons (Fsp3) is 0.364. The van der Waals surface area contributed by atoms with Gasteiger partial charge < -0.3 is 15.3 Å². The first kappa shape index (κ1) is 12.6. The van der Waals surface area contributed by atoms with Crippen LogP contribution in [0.1, 0.15) is 17.2 Å². The summed E-state index contributed by atoms with van der Waals surface area (Å²) in [5, 5.41) is 35.7. The number of rotatable bonds is 4. The Morgan fingerprint density at radius 2 is 2.06 bits per heavy atom. The van der Waals surface area contributed by atoms with Crippen molar-refractivity contribution in [2.45, 2.75) is 18.6 Å². The van der Waals surface area contributed by atoms with Crippen LogP contribution in [0.15, 0.2) is 18.2 Å². The highest BCUT2D eigenvalue weighted by molar-refractivity contribution is 5.28. The van der Waals surface area contributed by atoms with Gasteiger partial charge in [-0.25, -0.2) is 4.39 Å². The van der Waals surface area contributed by atoms with Crippen molar-refractivity contribution >= 4 is 0 Å². The number of hydrogen-bond acceptors (Lipinski definition) is 4. The molecule has 0 spiro atoms. The molecule has 2 unspecified atom stereocenters. The molecule has 0 aliphatic rings. The zero-order chi connectivity index (χ0) is 12.1. The highest BCUT2D eigenvalue weighted by atomic mass is 19.1. The van der Waals surface area contributed by atoms with Crippen molar-refractivity contribution in [3.8, 4) is 6.07 Å². The summed E-state index contributed by atoms with van der Waals surface area (Å²) in [5.74, 6) is -0.608. The van der Waals surface area contributed by atoms with Crippen LogP contribution in [0.2, 0.25) is 0 Å². The molecule has 0 radical (unpaired) electrons. The number of halogens is 1. The average molecular weight is 225 g/mol. The van der Waals surface area contributed by atoms with Crippen molar-refractivity contribution in [1.29, 1.82) is 5.26 Å². The molecule has 0 aliphatic heterocycles. The largest absolute Gasteiger partial charge is 0.394 e. The second-order valence-electron chi connectivity index (χ2n) is 3.38. The molecule has 0 aliphatic carbocycles. The van der Waals surface area contributed by atoms with Gasteiger partial charge in [-0.2, -0.15) is 5.26 Å². The van der Waals surface area contributed by atoms with Crippen LogP contribution < -0.4 is 0 Å². The molecule has 3 N–H and O–H groups in total. The lowest BCUT2D eigenvalue weighted by molar-refractivity contribution is -0.0153. The quantitative estimate of drug-likeness (QED) is 0.687. The van der Waals surface area contributed by atoms with Crippen LogP contribution in [-0.4, -0.2) is 28.0 Å². The van der Waals surface area contributed by atoms with E-state index < -0.39 is 24.6 Å². The topological polar surface area (TPSA) is 84.5 Å². The first-order valence-corrected chi connectivity index (χ1v) is 4.72. The summed E-state index contributed by atoms with van der Waals surface area (Å²) in [6.07, 6.45) is -2.73. The monoisotopic (exact) mass is 225 g/mol. The normalized spacial score (nSPS) is 14.2. The Labute approximate surface area is 92.2 Å². The summed E-state index contributed by atoms with van der Waals surface area (Å²) in [6.45, 7) is -0.608. The maximum Gasteiger partial charge on any atom is 0.127 e. The van der Waals surface area contributed by atoms with E-state index in [9.17, 15) is 9.50 Å². The van der Waals surface area contributed by atoms with Gasteiger partial charge >= 0.3 is 0 Å². The van der Waals surface area contributed by atoms with Crippen molar-refractivity contribution in [3.63, 3.8) is 0 Å². The van der Waals surface area contributed by atoms with Crippen molar-refractivity contribution in [2.75, 3.05) is 6.61 Å². The van der Waals surface area contributed by atoms with E-state index in [1.54, 1.807) is 0 Å². The molecule has 0 saturated carbocycles. The van der Waals surface area contributed by atoms with Gasteiger partial charge in [0.15, 0.2) is 0 Å². The van der Waals surface area contributed by atoms with Crippen LogP contribution >= 0.6 is 0 Å². The number of nitriles is 1. The molecule has 0 aromatic heterocycles. The van der Waals surface area contributed by atoms with Gasteiger partial charge in [0.2, 0.25) is 0 Å². The Balaban J connectivity index is 2.93. The predicted molar refractivity (Wildman–Crippen MR) is 53.8 cm³/mol. The summed E-state index contributed by atoms with van der Waals surface area (Å²) in [6, 6.07) is 5.66. The van der Waals surface area contributed by atoms with Crippen molar-refractivity contribution in [1.82, 2.24) is 0 Å². The fourth-order valence-corrected chi connectivity index (χ4v) is 1.30. The van der Waals surface area contributed by atoms with Gasteiger partial charge in [-0.1, -0.05) is 12.1 Å². The molecule has 16 heavy (non-hydrogen) atoms. The highest BCUT2D eigenvalue weighted by Gasteiger charge is 2.18. The summed E-state index contributed by atoms with van der Waals surface area (Å²) < 4.78 is 13.4. The van der Waals surface area contributed by atoms with Crippen LogP contribution in [0.4, 0.5) is 4.39 Å². The van der Waals surface area contributed by atoms with Gasteiger partial charge in [0.05, 0.1) is 19.1 Å². The lowest BCUT2D eigenvalue weighted by atomic mass is 10.0. The first-order valence-electron chi connectivity index (χ1n) is 4.72. The third-order valence-electron chi connectivity index (χ3n) is 2.24. The van der Waals surface area contributed by atoms with E-state index >= 15 is 0 Å². The Bertz CT molecular complexity index is 403. The number of nitrogens with zero attached hydrogens (tertiary/aromatic N) is 1. The Hall–Kier alpha value is -1.48. The fourth-order valence-electron chi connectivity index (χ4n) is 1.30. The van der Waals surface area contributed by atoms with Crippen molar-refractivity contribution < 1.29 is 19.7 Å². The van der Waals surface area contributed by atoms with Crippen molar-refractivity contribution in [3.05, 3.63) is 35.1 Å². The standard InChI is InChI=1S/C11H12FNO3/c12-9-5-8(11(16)10(15)6-14)2-1-7(9)3-4-13/h1-2,5,10-11,14-16H,3,6H2. The lowest BCUT2D eigenvalue weighted by Gasteiger charge is -2.16. The molecular weight excluding hydrogens is 213 g/mol. The average Bonchev–Trinajstić information content (AvgIpc) is 2.30. The van der Waals surface area contributed by atoms with Crippen LogP contribution in [0.3, 0.4) is 0 Å². The molecule has 1 rings (SSSR count). The maximum absolute atomic E-state index is 13.4. The molecule has 4 nitrogen and oxygen atoms in total. The Kier molecular flexibility index (Phi) is 4.38. The molecule has 0 bridgehead atoms. The number of hydrogen-bond donors (Lipinski definition) is 3. The Morgan fingerprint density at radius 3 is 2.56 bits per heavy atom. The maximum atomic E-state index is 13.4. The summed E-state index contributed by atoms with van der Waals surface area (Å²) in [5.41, 5.74) is 0.401. The van der Waals surface area contributed by atoms with E-state index in [2.05, 4.69) is 0 Å². The SMILES string of the molecule is N#CCc1ccc(C(O)C(O)CO)cc1F. The molecule has 0 fully saturated rings. The summed E-state index contributed by atoms with van der Waals surface area (Å²) in [7, 11) is 0. The zero-order valence-electron chi connectivity index (χ0n) is 8.47. The van der Waals surface area contributed by atoms with Crippen LogP contribution in [0.5, 0.6) is 0 Å². The van der Waals surface area contributed by atoms with Crippen molar-refractivity contribution in [2.24, 2.45) is 0 Å². The minimum absolute atomic E-state index is 0.0508. The van der Waals surface area contributed by atoms with Gasteiger partial charge in [0.25, 0.3) is 0 Å². The smallest absolute Gasteiger partial charge is 0.127 e. The van der Waals surface area contributed by atoms with E-state index in [1.807, 2.05) is 6.07 Å². The van der Waals surface area contributed by atoms with Crippen LogP contribution in [0, 0.1) is 17.1 Å². The molecule has 1 aromatic carbocycles. The van der Waals surface area contributed by atoms with E-state index in [4.69, 9.17) is 15.5 Å². The lowest BCUT2D eigenvalue weighted by Crippen LogP contribution is -2.22.